The van der Waals surface area contributed by atoms with E-state index in [1.54, 1.807) is 0 Å². The molecule has 6 atom stereocenters. The Balaban J connectivity index is 2.27. The van der Waals surface area contributed by atoms with E-state index in [4.69, 9.17) is 20.3 Å². The third kappa shape index (κ3) is 6.29. The smallest absolute Gasteiger partial charge is 0.387 e. The first-order valence-corrected chi connectivity index (χ1v) is 13.0. The van der Waals surface area contributed by atoms with Gasteiger partial charge in [0.15, 0.2) is 12.4 Å². The number of anilines is 1. The number of aliphatic hydroxyl groups excluding tert-OH is 1. The van der Waals surface area contributed by atoms with Crippen molar-refractivity contribution in [2.24, 2.45) is 5.92 Å². The molecule has 0 aromatic carbocycles. The molecule has 7 N–H and O–H groups in total. The van der Waals surface area contributed by atoms with E-state index in [-0.39, 0.29) is 5.82 Å². The van der Waals surface area contributed by atoms with Gasteiger partial charge in [-0.05, 0) is 12.0 Å². The maximum atomic E-state index is 14.9. The number of nitrogens with zero attached hydrogens (tertiary/aromatic N) is 2. The Hall–Kier alpha value is -1.06. The molecule has 184 valence electrons. The quantitative estimate of drug-likeness (QED) is 0.227. The summed E-state index contributed by atoms with van der Waals surface area (Å²) in [4.78, 5) is 51.4. The molecule has 16 nitrogen and oxygen atoms in total. The SMILES string of the molecule is CC(C)[C@]1(COP(=O)(O)OP(=O)(O)OP(=O)(O)O)O[C@@H](n2ccc(N)nc2=O)[C@@H](F)[C@@H]1O. The summed E-state index contributed by atoms with van der Waals surface area (Å²) in [6.07, 6.45) is -5.00. The lowest BCUT2D eigenvalue weighted by Gasteiger charge is -2.35. The van der Waals surface area contributed by atoms with Crippen LogP contribution in [0.1, 0.15) is 20.1 Å². The molecule has 1 fully saturated rings. The highest BCUT2D eigenvalue weighted by Crippen LogP contribution is 2.66. The number of nitrogens with two attached hydrogens (primary N) is 1. The molecule has 0 saturated carbocycles. The molecule has 1 aliphatic heterocycles. The van der Waals surface area contributed by atoms with Gasteiger partial charge >= 0.3 is 29.2 Å². The minimum absolute atomic E-state index is 0.164. The minimum atomic E-state index is -5.79. The normalized spacial score (nSPS) is 30.2. The summed E-state index contributed by atoms with van der Waals surface area (Å²) >= 11 is 0. The number of alkyl halides is 1. The van der Waals surface area contributed by atoms with Gasteiger partial charge in [-0.1, -0.05) is 13.8 Å². The van der Waals surface area contributed by atoms with Crippen LogP contribution in [0.5, 0.6) is 0 Å². The summed E-state index contributed by atoms with van der Waals surface area (Å²) in [6, 6.07) is 1.16. The van der Waals surface area contributed by atoms with Crippen molar-refractivity contribution in [2.45, 2.75) is 38.0 Å². The van der Waals surface area contributed by atoms with E-state index in [0.29, 0.717) is 4.57 Å². The van der Waals surface area contributed by atoms with Crippen molar-refractivity contribution < 1.29 is 60.6 Å². The van der Waals surface area contributed by atoms with Crippen LogP contribution in [0.2, 0.25) is 0 Å². The maximum absolute atomic E-state index is 14.9. The van der Waals surface area contributed by atoms with E-state index in [2.05, 4.69) is 18.1 Å². The lowest BCUT2D eigenvalue weighted by Crippen LogP contribution is -2.50. The third-order valence-electron chi connectivity index (χ3n) is 4.39. The van der Waals surface area contributed by atoms with E-state index in [9.17, 15) is 37.8 Å². The third-order valence-corrected chi connectivity index (χ3v) is 8.17. The van der Waals surface area contributed by atoms with E-state index in [1.165, 1.54) is 13.8 Å². The second-order valence-corrected chi connectivity index (χ2v) is 11.3. The number of nitrogen functional groups attached to an aromatic ring is 1. The molecule has 0 radical (unpaired) electrons. The number of aliphatic hydroxyl groups is 1. The Labute approximate surface area is 179 Å². The van der Waals surface area contributed by atoms with Crippen LogP contribution in [-0.4, -0.2) is 58.7 Å². The molecule has 20 heteroatoms. The summed E-state index contributed by atoms with van der Waals surface area (Å²) in [5.41, 5.74) is 2.27. The van der Waals surface area contributed by atoms with Gasteiger partial charge in [0.2, 0.25) is 0 Å². The Bertz CT molecular complexity index is 1050. The lowest BCUT2D eigenvalue weighted by molar-refractivity contribution is -0.151. The average molecular weight is 527 g/mol. The second kappa shape index (κ2) is 9.29. The molecule has 1 aromatic rings. The predicted molar refractivity (Wildman–Crippen MR) is 101 cm³/mol. The molecule has 0 aliphatic carbocycles. The Morgan fingerprint density at radius 3 is 2.34 bits per heavy atom. The van der Waals surface area contributed by atoms with Gasteiger partial charge < -0.3 is 35.2 Å². The maximum Gasteiger partial charge on any atom is 0.490 e. The molecule has 32 heavy (non-hydrogen) atoms. The molecule has 2 rings (SSSR count). The number of phosphoric ester groups is 1. The highest BCUT2D eigenvalue weighted by atomic mass is 31.3. The number of rotatable bonds is 9. The predicted octanol–water partition coefficient (Wildman–Crippen LogP) is -0.209. The van der Waals surface area contributed by atoms with E-state index >= 15 is 0 Å². The lowest BCUT2D eigenvalue weighted by atomic mass is 9.85. The topological polar surface area (TPSA) is 250 Å². The minimum Gasteiger partial charge on any atom is -0.387 e. The molecule has 2 unspecified atom stereocenters. The summed E-state index contributed by atoms with van der Waals surface area (Å²) in [6.45, 7) is 1.69. The highest BCUT2D eigenvalue weighted by Gasteiger charge is 2.59. The fourth-order valence-corrected chi connectivity index (χ4v) is 5.92. The molecule has 1 aromatic heterocycles. The summed E-state index contributed by atoms with van der Waals surface area (Å²) in [7, 11) is -17.0. The van der Waals surface area contributed by atoms with Gasteiger partial charge in [0, 0.05) is 6.20 Å². The largest absolute Gasteiger partial charge is 0.490 e. The first kappa shape index (κ1) is 27.2. The Kier molecular flexibility index (Phi) is 7.90. The van der Waals surface area contributed by atoms with Gasteiger partial charge in [0.1, 0.15) is 17.5 Å². The number of phosphoric acid groups is 3. The van der Waals surface area contributed by atoms with Gasteiger partial charge in [-0.25, -0.2) is 22.9 Å². The zero-order valence-electron chi connectivity index (χ0n) is 16.4. The van der Waals surface area contributed by atoms with Crippen LogP contribution in [-0.2, 0) is 31.6 Å². The van der Waals surface area contributed by atoms with Crippen molar-refractivity contribution >= 4 is 29.3 Å². The van der Waals surface area contributed by atoms with E-state index < -0.39 is 65.8 Å². The van der Waals surface area contributed by atoms with Gasteiger partial charge in [-0.3, -0.25) is 9.09 Å². The van der Waals surface area contributed by atoms with Crippen LogP contribution in [0.4, 0.5) is 10.2 Å². The molecule has 0 amide bonds. The van der Waals surface area contributed by atoms with Crippen LogP contribution in [0.3, 0.4) is 0 Å². The van der Waals surface area contributed by atoms with E-state index in [0.717, 1.165) is 12.3 Å². The van der Waals surface area contributed by atoms with Crippen LogP contribution < -0.4 is 11.4 Å². The van der Waals surface area contributed by atoms with Crippen LogP contribution in [0.25, 0.3) is 0 Å². The van der Waals surface area contributed by atoms with Gasteiger partial charge in [-0.15, -0.1) is 0 Å². The number of hydrogen-bond acceptors (Lipinski definition) is 11. The molecular weight excluding hydrogens is 506 g/mol. The average Bonchev–Trinajstić information content (AvgIpc) is 2.83. The Morgan fingerprint density at radius 1 is 1.25 bits per heavy atom. The summed E-state index contributed by atoms with van der Waals surface area (Å²) in [5.74, 6) is -1.01. The molecule has 1 saturated heterocycles. The summed E-state index contributed by atoms with van der Waals surface area (Å²) < 4.78 is 66.9. The monoisotopic (exact) mass is 527 g/mol. The molecular formula is C12H21FN3O13P3. The van der Waals surface area contributed by atoms with E-state index in [1.807, 2.05) is 0 Å². The summed E-state index contributed by atoms with van der Waals surface area (Å²) in [5, 5.41) is 10.5. The fourth-order valence-electron chi connectivity index (χ4n) is 2.86. The van der Waals surface area contributed by atoms with Crippen LogP contribution >= 0.6 is 23.5 Å². The standard InChI is InChI=1S/C12H21FN3O13P3/c1-6(2)12(5-26-31(22,23)29-32(24,25)28-30(19,20)21)9(17)8(13)10(27-12)16-4-3-7(14)15-11(16)18/h3-4,6,8-10,17H,5H2,1-2H3,(H,22,23)(H,24,25)(H2,14,15,18)(H2,19,20,21)/t8-,9-,10+,12-/m0/s1. The van der Waals surface area contributed by atoms with Crippen molar-refractivity contribution in [3.05, 3.63) is 22.7 Å². The van der Waals surface area contributed by atoms with Gasteiger partial charge in [0.05, 0.1) is 6.61 Å². The molecule has 2 heterocycles. The van der Waals surface area contributed by atoms with Gasteiger partial charge in [0.25, 0.3) is 0 Å². The van der Waals surface area contributed by atoms with Crippen molar-refractivity contribution in [3.63, 3.8) is 0 Å². The van der Waals surface area contributed by atoms with Gasteiger partial charge in [-0.2, -0.15) is 13.6 Å². The number of halogens is 1. The van der Waals surface area contributed by atoms with Crippen molar-refractivity contribution in [1.82, 2.24) is 9.55 Å². The van der Waals surface area contributed by atoms with Crippen molar-refractivity contribution in [1.29, 1.82) is 0 Å². The zero-order valence-corrected chi connectivity index (χ0v) is 19.0. The molecule has 0 bridgehead atoms. The second-order valence-electron chi connectivity index (χ2n) is 6.91. The number of ether oxygens (including phenoxy) is 1. The van der Waals surface area contributed by atoms with Crippen molar-refractivity contribution in [3.8, 4) is 0 Å². The number of aromatic nitrogens is 2. The Morgan fingerprint density at radius 2 is 1.84 bits per heavy atom. The van der Waals surface area contributed by atoms with Crippen LogP contribution in [0.15, 0.2) is 17.1 Å². The highest BCUT2D eigenvalue weighted by molar-refractivity contribution is 7.66. The number of hydrogen-bond donors (Lipinski definition) is 6. The zero-order chi connectivity index (χ0) is 24.7. The first-order chi connectivity index (χ1) is 14.4. The molecule has 0 spiro atoms. The fraction of sp³-hybridized carbons (Fsp3) is 0.667. The first-order valence-electron chi connectivity index (χ1n) is 8.52. The molecule has 1 aliphatic rings. The van der Waals surface area contributed by atoms with Crippen molar-refractivity contribution in [2.75, 3.05) is 12.3 Å². The van der Waals surface area contributed by atoms with Crippen LogP contribution in [0, 0.1) is 5.92 Å².